The average Bonchev–Trinajstić information content (AvgIpc) is 2.59. The van der Waals surface area contributed by atoms with Gasteiger partial charge < -0.3 is 15.8 Å². The average molecular weight is 228 g/mol. The molecule has 1 aliphatic rings. The molecule has 0 spiro atoms. The van der Waals surface area contributed by atoms with Crippen LogP contribution in [-0.4, -0.2) is 30.2 Å². The van der Waals surface area contributed by atoms with Crippen molar-refractivity contribution in [3.63, 3.8) is 0 Å². The Labute approximate surface area is 97.9 Å². The quantitative estimate of drug-likeness (QED) is 0.717. The van der Waals surface area contributed by atoms with E-state index in [-0.39, 0.29) is 18.1 Å². The molecule has 0 aliphatic heterocycles. The van der Waals surface area contributed by atoms with Gasteiger partial charge in [-0.2, -0.15) is 0 Å². The second kappa shape index (κ2) is 5.64. The number of nitrogens with two attached hydrogens (primary N) is 1. The number of carbonyl (C=O) groups excluding carboxylic acids is 1. The van der Waals surface area contributed by atoms with Gasteiger partial charge in [0.1, 0.15) is 5.54 Å². The number of ether oxygens (including phenoxy) is 1. The molecular weight excluding hydrogens is 204 g/mol. The van der Waals surface area contributed by atoms with Crippen LogP contribution >= 0.6 is 0 Å². The van der Waals surface area contributed by atoms with Crippen LogP contribution in [0.3, 0.4) is 0 Å². The van der Waals surface area contributed by atoms with Gasteiger partial charge in [0.25, 0.3) is 0 Å². The molecule has 0 radical (unpaired) electrons. The predicted octanol–water partition coefficient (Wildman–Crippen LogP) is 1.19. The van der Waals surface area contributed by atoms with E-state index in [0.717, 1.165) is 25.9 Å². The van der Waals surface area contributed by atoms with Crippen LogP contribution in [0.15, 0.2) is 0 Å². The molecule has 1 rings (SSSR count). The SMILES string of the molecule is CCCOC1CCC(NC(C)C)(C(N)=O)C1. The molecule has 1 saturated carbocycles. The Morgan fingerprint density at radius 3 is 2.81 bits per heavy atom. The highest BCUT2D eigenvalue weighted by Crippen LogP contribution is 2.32. The fourth-order valence-corrected chi connectivity index (χ4v) is 2.41. The summed E-state index contributed by atoms with van der Waals surface area (Å²) in [6, 6.07) is 0.262. The maximum absolute atomic E-state index is 11.6. The van der Waals surface area contributed by atoms with E-state index in [1.807, 2.05) is 13.8 Å². The maximum atomic E-state index is 11.6. The summed E-state index contributed by atoms with van der Waals surface area (Å²) >= 11 is 0. The van der Waals surface area contributed by atoms with Crippen LogP contribution < -0.4 is 11.1 Å². The summed E-state index contributed by atoms with van der Waals surface area (Å²) in [5.41, 5.74) is 4.97. The molecule has 1 aliphatic carbocycles. The fourth-order valence-electron chi connectivity index (χ4n) is 2.41. The minimum Gasteiger partial charge on any atom is -0.378 e. The van der Waals surface area contributed by atoms with Gasteiger partial charge in [-0.25, -0.2) is 0 Å². The lowest BCUT2D eigenvalue weighted by molar-refractivity contribution is -0.125. The first-order valence-electron chi connectivity index (χ1n) is 6.19. The van der Waals surface area contributed by atoms with E-state index in [1.165, 1.54) is 0 Å². The van der Waals surface area contributed by atoms with Gasteiger partial charge >= 0.3 is 0 Å². The molecule has 3 N–H and O–H groups in total. The zero-order chi connectivity index (χ0) is 12.2. The smallest absolute Gasteiger partial charge is 0.237 e. The molecule has 2 unspecified atom stereocenters. The fraction of sp³-hybridized carbons (Fsp3) is 0.917. The molecule has 0 bridgehead atoms. The van der Waals surface area contributed by atoms with Crippen molar-refractivity contribution in [2.45, 2.75) is 64.1 Å². The molecule has 16 heavy (non-hydrogen) atoms. The molecule has 1 fully saturated rings. The summed E-state index contributed by atoms with van der Waals surface area (Å²) < 4.78 is 5.69. The maximum Gasteiger partial charge on any atom is 0.237 e. The monoisotopic (exact) mass is 228 g/mol. The molecule has 0 aromatic heterocycles. The summed E-state index contributed by atoms with van der Waals surface area (Å²) in [6.45, 7) is 6.92. The number of nitrogens with one attached hydrogen (secondary N) is 1. The van der Waals surface area contributed by atoms with Gasteiger partial charge in [-0.15, -0.1) is 0 Å². The van der Waals surface area contributed by atoms with Crippen molar-refractivity contribution in [2.24, 2.45) is 5.73 Å². The van der Waals surface area contributed by atoms with Crippen molar-refractivity contribution in [3.05, 3.63) is 0 Å². The second-order valence-corrected chi connectivity index (χ2v) is 4.98. The molecule has 4 nitrogen and oxygen atoms in total. The number of amides is 1. The van der Waals surface area contributed by atoms with Gasteiger partial charge in [0.05, 0.1) is 6.10 Å². The van der Waals surface area contributed by atoms with Crippen LogP contribution in [0.4, 0.5) is 0 Å². The minimum atomic E-state index is -0.549. The van der Waals surface area contributed by atoms with Crippen molar-refractivity contribution >= 4 is 5.91 Å². The summed E-state index contributed by atoms with van der Waals surface area (Å²) in [5.74, 6) is -0.246. The largest absolute Gasteiger partial charge is 0.378 e. The molecule has 2 atom stereocenters. The van der Waals surface area contributed by atoms with Crippen LogP contribution in [0.5, 0.6) is 0 Å². The van der Waals surface area contributed by atoms with Crippen LogP contribution in [0.2, 0.25) is 0 Å². The molecular formula is C12H24N2O2. The highest BCUT2D eigenvalue weighted by atomic mass is 16.5. The highest BCUT2D eigenvalue weighted by molar-refractivity contribution is 5.85. The van der Waals surface area contributed by atoms with Crippen molar-refractivity contribution in [1.29, 1.82) is 0 Å². The van der Waals surface area contributed by atoms with Crippen molar-refractivity contribution < 1.29 is 9.53 Å². The molecule has 4 heteroatoms. The number of hydrogen-bond donors (Lipinski definition) is 2. The van der Waals surface area contributed by atoms with Gasteiger partial charge in [-0.3, -0.25) is 4.79 Å². The summed E-state index contributed by atoms with van der Waals surface area (Å²) in [6.07, 6.45) is 3.61. The molecule has 0 aromatic rings. The van der Waals surface area contributed by atoms with E-state index in [0.29, 0.717) is 6.42 Å². The van der Waals surface area contributed by atoms with E-state index >= 15 is 0 Å². The second-order valence-electron chi connectivity index (χ2n) is 4.98. The Balaban J connectivity index is 2.58. The third-order valence-corrected chi connectivity index (χ3v) is 3.06. The Hall–Kier alpha value is -0.610. The number of rotatable bonds is 6. The van der Waals surface area contributed by atoms with Crippen LogP contribution in [0.25, 0.3) is 0 Å². The Morgan fingerprint density at radius 2 is 2.31 bits per heavy atom. The summed E-state index contributed by atoms with van der Waals surface area (Å²) in [7, 11) is 0. The van der Waals surface area contributed by atoms with Crippen molar-refractivity contribution in [1.82, 2.24) is 5.32 Å². The predicted molar refractivity (Wildman–Crippen MR) is 64.1 cm³/mol. The molecule has 0 saturated heterocycles. The van der Waals surface area contributed by atoms with Gasteiger partial charge in [-0.05, 0) is 33.1 Å². The topological polar surface area (TPSA) is 64.3 Å². The van der Waals surface area contributed by atoms with Gasteiger partial charge in [0.15, 0.2) is 0 Å². The Kier molecular flexibility index (Phi) is 4.74. The van der Waals surface area contributed by atoms with Crippen LogP contribution in [0, 0.1) is 0 Å². The highest BCUT2D eigenvalue weighted by Gasteiger charge is 2.44. The van der Waals surface area contributed by atoms with E-state index in [2.05, 4.69) is 12.2 Å². The third kappa shape index (κ3) is 3.19. The zero-order valence-corrected chi connectivity index (χ0v) is 10.6. The summed E-state index contributed by atoms with van der Waals surface area (Å²) in [4.78, 5) is 11.6. The first kappa shape index (κ1) is 13.5. The van der Waals surface area contributed by atoms with Crippen LogP contribution in [-0.2, 0) is 9.53 Å². The van der Waals surface area contributed by atoms with Gasteiger partial charge in [-0.1, -0.05) is 6.92 Å². The number of carbonyl (C=O) groups is 1. The Bertz CT molecular complexity index is 243. The summed E-state index contributed by atoms with van der Waals surface area (Å²) in [5, 5.41) is 3.31. The lowest BCUT2D eigenvalue weighted by Crippen LogP contribution is -2.56. The van der Waals surface area contributed by atoms with Crippen LogP contribution in [0.1, 0.15) is 46.5 Å². The molecule has 94 valence electrons. The normalized spacial score (nSPS) is 29.9. The molecule has 0 heterocycles. The van der Waals surface area contributed by atoms with Gasteiger partial charge in [0.2, 0.25) is 5.91 Å². The number of hydrogen-bond acceptors (Lipinski definition) is 3. The van der Waals surface area contributed by atoms with Crippen molar-refractivity contribution in [3.8, 4) is 0 Å². The first-order chi connectivity index (χ1) is 7.50. The third-order valence-electron chi connectivity index (χ3n) is 3.06. The van der Waals surface area contributed by atoms with Crippen molar-refractivity contribution in [2.75, 3.05) is 6.61 Å². The minimum absolute atomic E-state index is 0.179. The van der Waals surface area contributed by atoms with E-state index in [1.54, 1.807) is 0 Å². The van der Waals surface area contributed by atoms with E-state index < -0.39 is 5.54 Å². The first-order valence-corrected chi connectivity index (χ1v) is 6.19. The number of primary amides is 1. The van der Waals surface area contributed by atoms with Gasteiger partial charge in [0, 0.05) is 19.1 Å². The lowest BCUT2D eigenvalue weighted by Gasteiger charge is -2.29. The zero-order valence-electron chi connectivity index (χ0n) is 10.6. The van der Waals surface area contributed by atoms with E-state index in [9.17, 15) is 4.79 Å². The standard InChI is InChI=1S/C12H24N2O2/c1-4-7-16-10-5-6-12(8-10,11(13)15)14-9(2)3/h9-10,14H,4-8H2,1-3H3,(H2,13,15). The Morgan fingerprint density at radius 1 is 1.62 bits per heavy atom. The van der Waals surface area contributed by atoms with E-state index in [4.69, 9.17) is 10.5 Å². The molecule has 0 aromatic carbocycles. The lowest BCUT2D eigenvalue weighted by atomic mass is 9.95. The molecule has 1 amide bonds.